The van der Waals surface area contributed by atoms with Crippen LogP contribution in [0, 0.1) is 0 Å². The van der Waals surface area contributed by atoms with Crippen molar-refractivity contribution in [1.82, 2.24) is 0 Å². The zero-order chi connectivity index (χ0) is 9.80. The van der Waals surface area contributed by atoms with Crippen LogP contribution < -0.4 is 0 Å². The zero-order valence-corrected chi connectivity index (χ0v) is 8.19. The molecule has 0 amide bonds. The molecule has 0 aliphatic heterocycles. The van der Waals surface area contributed by atoms with Crippen LogP contribution in [0.4, 0.5) is 0 Å². The minimum absolute atomic E-state index is 0.343. The number of benzene rings is 1. The summed E-state index contributed by atoms with van der Waals surface area (Å²) in [5.74, 6) is 0.343. The third kappa shape index (κ3) is 1.79. The maximum atomic E-state index is 8.91. The van der Waals surface area contributed by atoms with Crippen LogP contribution in [0.1, 0.15) is 37.2 Å². The van der Waals surface area contributed by atoms with Crippen LogP contribution in [0.15, 0.2) is 35.5 Å². The Bertz CT molecular complexity index is 318. The van der Waals surface area contributed by atoms with Gasteiger partial charge in [-0.25, -0.2) is 0 Å². The fourth-order valence-electron chi connectivity index (χ4n) is 2.16. The van der Waals surface area contributed by atoms with Crippen molar-refractivity contribution in [1.29, 1.82) is 0 Å². The molecule has 1 saturated carbocycles. The normalized spacial score (nSPS) is 25.1. The molecule has 0 spiro atoms. The molecule has 1 aliphatic rings. The van der Waals surface area contributed by atoms with E-state index in [4.69, 9.17) is 5.21 Å². The summed E-state index contributed by atoms with van der Waals surface area (Å²) < 4.78 is 0. The maximum absolute atomic E-state index is 8.91. The number of nitrogens with zero attached hydrogens (tertiary/aromatic N) is 1. The fourth-order valence-corrected chi connectivity index (χ4v) is 2.16. The predicted octanol–water partition coefficient (Wildman–Crippen LogP) is 3.17. The van der Waals surface area contributed by atoms with Gasteiger partial charge in [0.2, 0.25) is 0 Å². The molecule has 0 saturated heterocycles. The summed E-state index contributed by atoms with van der Waals surface area (Å²) in [5, 5.41) is 12.3. The maximum Gasteiger partial charge on any atom is 0.0645 e. The third-order valence-corrected chi connectivity index (χ3v) is 2.91. The van der Waals surface area contributed by atoms with Crippen LogP contribution in [-0.4, -0.2) is 10.9 Å². The molecule has 74 valence electrons. The average molecular weight is 189 g/mol. The van der Waals surface area contributed by atoms with E-state index in [0.29, 0.717) is 5.92 Å². The van der Waals surface area contributed by atoms with Gasteiger partial charge in [-0.2, -0.15) is 0 Å². The van der Waals surface area contributed by atoms with Gasteiger partial charge < -0.3 is 5.21 Å². The van der Waals surface area contributed by atoms with E-state index in [-0.39, 0.29) is 0 Å². The second kappa shape index (κ2) is 4.27. The quantitative estimate of drug-likeness (QED) is 0.534. The summed E-state index contributed by atoms with van der Waals surface area (Å²) in [6, 6.07) is 10.3. The molecule has 2 nitrogen and oxygen atoms in total. The van der Waals surface area contributed by atoms with Crippen molar-refractivity contribution in [2.75, 3.05) is 0 Å². The van der Waals surface area contributed by atoms with Crippen LogP contribution in [0.3, 0.4) is 0 Å². The average Bonchev–Trinajstić information content (AvgIpc) is 2.30. The molecule has 1 atom stereocenters. The molecule has 1 aromatic carbocycles. The summed E-state index contributed by atoms with van der Waals surface area (Å²) in [6.07, 6.45) is 4.45. The molecule has 1 aliphatic carbocycles. The zero-order valence-electron chi connectivity index (χ0n) is 8.19. The Labute approximate surface area is 84.3 Å². The predicted molar refractivity (Wildman–Crippen MR) is 56.9 cm³/mol. The Morgan fingerprint density at radius 1 is 1.14 bits per heavy atom. The molecule has 2 rings (SSSR count). The number of rotatable bonds is 1. The topological polar surface area (TPSA) is 32.6 Å². The standard InChI is InChI=1S/C12H15NO/c14-13-12-9-5-4-8-11(12)10-6-2-1-3-7-10/h1-3,6-7,11,14H,4-5,8-9H2/b13-12-/t11-/m1/s1. The molecular weight excluding hydrogens is 174 g/mol. The summed E-state index contributed by atoms with van der Waals surface area (Å²) in [6.45, 7) is 0. The van der Waals surface area contributed by atoms with Crippen LogP contribution in [0.2, 0.25) is 0 Å². The Kier molecular flexibility index (Phi) is 2.82. The van der Waals surface area contributed by atoms with Gasteiger partial charge in [-0.05, 0) is 24.8 Å². The highest BCUT2D eigenvalue weighted by Crippen LogP contribution is 2.30. The molecule has 0 radical (unpaired) electrons. The van der Waals surface area contributed by atoms with Gasteiger partial charge in [-0.3, -0.25) is 0 Å². The van der Waals surface area contributed by atoms with E-state index >= 15 is 0 Å². The van der Waals surface area contributed by atoms with E-state index < -0.39 is 0 Å². The van der Waals surface area contributed by atoms with Crippen molar-refractivity contribution >= 4 is 5.71 Å². The lowest BCUT2D eigenvalue weighted by Gasteiger charge is -2.23. The fraction of sp³-hybridized carbons (Fsp3) is 0.417. The Balaban J connectivity index is 2.24. The molecule has 2 heteroatoms. The van der Waals surface area contributed by atoms with E-state index in [0.717, 1.165) is 25.0 Å². The molecule has 0 bridgehead atoms. The third-order valence-electron chi connectivity index (χ3n) is 2.91. The van der Waals surface area contributed by atoms with Gasteiger partial charge in [0.25, 0.3) is 0 Å². The van der Waals surface area contributed by atoms with E-state index in [2.05, 4.69) is 17.3 Å². The summed E-state index contributed by atoms with van der Waals surface area (Å²) in [5.41, 5.74) is 2.22. The molecule has 1 fully saturated rings. The SMILES string of the molecule is O/N=C1/CCCC[C@@H]1c1ccccc1. The smallest absolute Gasteiger partial charge is 0.0645 e. The molecule has 1 N–H and O–H groups in total. The lowest BCUT2D eigenvalue weighted by Crippen LogP contribution is -2.17. The highest BCUT2D eigenvalue weighted by atomic mass is 16.4. The van der Waals surface area contributed by atoms with Gasteiger partial charge in [0.05, 0.1) is 5.71 Å². The minimum Gasteiger partial charge on any atom is -0.411 e. The Hall–Kier alpha value is -1.31. The van der Waals surface area contributed by atoms with E-state index in [1.165, 1.54) is 12.0 Å². The molecule has 0 heterocycles. The second-order valence-corrected chi connectivity index (χ2v) is 3.80. The van der Waals surface area contributed by atoms with Gasteiger partial charge in [0, 0.05) is 5.92 Å². The van der Waals surface area contributed by atoms with Crippen LogP contribution in [0.5, 0.6) is 0 Å². The molecule has 0 aromatic heterocycles. The van der Waals surface area contributed by atoms with Gasteiger partial charge in [-0.1, -0.05) is 41.9 Å². The summed E-state index contributed by atoms with van der Waals surface area (Å²) >= 11 is 0. The van der Waals surface area contributed by atoms with E-state index in [1.54, 1.807) is 0 Å². The first-order chi connectivity index (χ1) is 6.92. The highest BCUT2D eigenvalue weighted by molar-refractivity contribution is 5.91. The molecule has 14 heavy (non-hydrogen) atoms. The number of hydrogen-bond donors (Lipinski definition) is 1. The van der Waals surface area contributed by atoms with Crippen molar-refractivity contribution in [3.05, 3.63) is 35.9 Å². The second-order valence-electron chi connectivity index (χ2n) is 3.80. The Morgan fingerprint density at radius 2 is 1.93 bits per heavy atom. The van der Waals surface area contributed by atoms with Gasteiger partial charge in [0.15, 0.2) is 0 Å². The first-order valence-corrected chi connectivity index (χ1v) is 5.17. The van der Waals surface area contributed by atoms with Crippen LogP contribution >= 0.6 is 0 Å². The van der Waals surface area contributed by atoms with Crippen molar-refractivity contribution in [2.45, 2.75) is 31.6 Å². The van der Waals surface area contributed by atoms with E-state index in [9.17, 15) is 0 Å². The molecular formula is C12H15NO. The van der Waals surface area contributed by atoms with Crippen molar-refractivity contribution in [3.8, 4) is 0 Å². The van der Waals surface area contributed by atoms with Crippen molar-refractivity contribution in [2.24, 2.45) is 5.16 Å². The summed E-state index contributed by atoms with van der Waals surface area (Å²) in [7, 11) is 0. The number of oxime groups is 1. The van der Waals surface area contributed by atoms with Crippen LogP contribution in [0.25, 0.3) is 0 Å². The van der Waals surface area contributed by atoms with Crippen molar-refractivity contribution in [3.63, 3.8) is 0 Å². The van der Waals surface area contributed by atoms with Gasteiger partial charge >= 0.3 is 0 Å². The molecule has 0 unspecified atom stereocenters. The Morgan fingerprint density at radius 3 is 2.64 bits per heavy atom. The van der Waals surface area contributed by atoms with Gasteiger partial charge in [-0.15, -0.1) is 0 Å². The first kappa shape index (κ1) is 9.25. The minimum atomic E-state index is 0.343. The van der Waals surface area contributed by atoms with Gasteiger partial charge in [0.1, 0.15) is 0 Å². The lowest BCUT2D eigenvalue weighted by atomic mass is 9.82. The van der Waals surface area contributed by atoms with E-state index in [1.807, 2.05) is 18.2 Å². The van der Waals surface area contributed by atoms with Crippen molar-refractivity contribution < 1.29 is 5.21 Å². The summed E-state index contributed by atoms with van der Waals surface area (Å²) in [4.78, 5) is 0. The highest BCUT2D eigenvalue weighted by Gasteiger charge is 2.22. The first-order valence-electron chi connectivity index (χ1n) is 5.17. The largest absolute Gasteiger partial charge is 0.411 e. The molecule has 1 aromatic rings. The van der Waals surface area contributed by atoms with Crippen LogP contribution in [-0.2, 0) is 0 Å². The monoisotopic (exact) mass is 189 g/mol. The lowest BCUT2D eigenvalue weighted by molar-refractivity contribution is 0.312. The number of hydrogen-bond acceptors (Lipinski definition) is 2.